The second kappa shape index (κ2) is 4.97. The fourth-order valence-corrected chi connectivity index (χ4v) is 1.27. The maximum Gasteiger partial charge on any atom is 0.360 e. The Kier molecular flexibility index (Phi) is 3.91. The maximum absolute atomic E-state index is 11.1. The smallest absolute Gasteiger partial charge is 0.360 e. The van der Waals surface area contributed by atoms with E-state index in [1.54, 1.807) is 0 Å². The van der Waals surface area contributed by atoms with E-state index in [-0.39, 0.29) is 5.69 Å². The zero-order chi connectivity index (χ0) is 10.6. The highest BCUT2D eigenvalue weighted by molar-refractivity contribution is 6.33. The molecule has 0 amide bonds. The first-order chi connectivity index (χ1) is 6.70. The van der Waals surface area contributed by atoms with Gasteiger partial charge in [0.25, 0.3) is 0 Å². The van der Waals surface area contributed by atoms with Crippen LogP contribution < -0.4 is 5.32 Å². The zero-order valence-electron chi connectivity index (χ0n) is 8.06. The van der Waals surface area contributed by atoms with Gasteiger partial charge in [-0.3, -0.25) is 5.10 Å². The molecule has 0 saturated carbocycles. The molecule has 0 spiro atoms. The first kappa shape index (κ1) is 11.0. The first-order valence-corrected chi connectivity index (χ1v) is 4.54. The molecule has 0 saturated heterocycles. The van der Waals surface area contributed by atoms with Gasteiger partial charge in [-0.2, -0.15) is 5.10 Å². The Morgan fingerprint density at radius 3 is 3.00 bits per heavy atom. The average Bonchev–Trinajstić information content (AvgIpc) is 2.56. The van der Waals surface area contributed by atoms with Crippen molar-refractivity contribution in [1.29, 1.82) is 0 Å². The Morgan fingerprint density at radius 1 is 1.71 bits per heavy atom. The summed E-state index contributed by atoms with van der Waals surface area (Å²) in [6, 6.07) is 0. The van der Waals surface area contributed by atoms with Crippen LogP contribution in [-0.2, 0) is 11.2 Å². The molecule has 0 unspecified atom stereocenters. The molecule has 5 nitrogen and oxygen atoms in total. The topological polar surface area (TPSA) is 67.0 Å². The molecule has 1 rings (SSSR count). The second-order valence-corrected chi connectivity index (χ2v) is 3.09. The van der Waals surface area contributed by atoms with Crippen LogP contribution in [0.1, 0.15) is 16.2 Å². The molecular weight excluding hydrogens is 206 g/mol. The van der Waals surface area contributed by atoms with E-state index in [4.69, 9.17) is 11.6 Å². The molecule has 0 aliphatic rings. The molecule has 0 aliphatic heterocycles. The van der Waals surface area contributed by atoms with E-state index >= 15 is 0 Å². The molecule has 2 N–H and O–H groups in total. The van der Waals surface area contributed by atoms with Crippen LogP contribution in [0.15, 0.2) is 0 Å². The molecule has 14 heavy (non-hydrogen) atoms. The van der Waals surface area contributed by atoms with Crippen LogP contribution in [0.4, 0.5) is 0 Å². The van der Waals surface area contributed by atoms with Crippen molar-refractivity contribution in [2.75, 3.05) is 20.7 Å². The molecule has 1 heterocycles. The molecule has 78 valence electrons. The van der Waals surface area contributed by atoms with E-state index in [1.807, 2.05) is 7.05 Å². The van der Waals surface area contributed by atoms with Crippen molar-refractivity contribution in [2.45, 2.75) is 6.42 Å². The molecule has 0 radical (unpaired) electrons. The van der Waals surface area contributed by atoms with E-state index in [2.05, 4.69) is 20.3 Å². The van der Waals surface area contributed by atoms with Crippen LogP contribution in [0.25, 0.3) is 0 Å². The van der Waals surface area contributed by atoms with Gasteiger partial charge in [-0.25, -0.2) is 4.79 Å². The number of ether oxygens (including phenoxy) is 1. The van der Waals surface area contributed by atoms with Crippen molar-refractivity contribution in [3.63, 3.8) is 0 Å². The summed E-state index contributed by atoms with van der Waals surface area (Å²) >= 11 is 5.91. The predicted molar refractivity (Wildman–Crippen MR) is 52.6 cm³/mol. The first-order valence-electron chi connectivity index (χ1n) is 4.16. The molecule has 0 aliphatic carbocycles. The molecule has 0 atom stereocenters. The monoisotopic (exact) mass is 217 g/mol. The molecule has 0 aromatic carbocycles. The van der Waals surface area contributed by atoms with Gasteiger partial charge in [-0.15, -0.1) is 0 Å². The summed E-state index contributed by atoms with van der Waals surface area (Å²) in [5, 5.41) is 9.79. The van der Waals surface area contributed by atoms with Crippen molar-refractivity contribution in [1.82, 2.24) is 15.5 Å². The summed E-state index contributed by atoms with van der Waals surface area (Å²) in [6.07, 6.45) is 0.694. The third-order valence-corrected chi connectivity index (χ3v) is 2.19. The lowest BCUT2D eigenvalue weighted by Gasteiger charge is -1.97. The number of methoxy groups -OCH3 is 1. The standard InChI is InChI=1S/C8H12ClN3O2/c1-10-4-3-5-6(9)7(12-11-5)8(13)14-2/h10H,3-4H2,1-2H3,(H,11,12). The highest BCUT2D eigenvalue weighted by atomic mass is 35.5. The predicted octanol–water partition coefficient (Wildman–Crippen LogP) is 0.612. The molecule has 0 bridgehead atoms. The quantitative estimate of drug-likeness (QED) is 0.726. The van der Waals surface area contributed by atoms with Crippen molar-refractivity contribution in [3.8, 4) is 0 Å². The van der Waals surface area contributed by atoms with Crippen LogP contribution in [0.2, 0.25) is 5.02 Å². The highest BCUT2D eigenvalue weighted by Crippen LogP contribution is 2.18. The summed E-state index contributed by atoms with van der Waals surface area (Å²) in [5.41, 5.74) is 0.877. The van der Waals surface area contributed by atoms with Gasteiger partial charge in [-0.1, -0.05) is 11.6 Å². The van der Waals surface area contributed by atoms with Crippen LogP contribution in [0, 0.1) is 0 Å². The number of esters is 1. The molecule has 0 fully saturated rings. The van der Waals surface area contributed by atoms with Gasteiger partial charge in [0.1, 0.15) is 0 Å². The zero-order valence-corrected chi connectivity index (χ0v) is 8.81. The Bertz CT molecular complexity index is 324. The minimum Gasteiger partial charge on any atom is -0.464 e. The Balaban J connectivity index is 2.80. The molecular formula is C8H12ClN3O2. The number of hydrogen-bond donors (Lipinski definition) is 2. The fraction of sp³-hybridized carbons (Fsp3) is 0.500. The molecule has 1 aromatic heterocycles. The number of likely N-dealkylation sites (N-methyl/N-ethyl adjacent to an activating group) is 1. The van der Waals surface area contributed by atoms with Gasteiger partial charge in [-0.05, 0) is 7.05 Å². The summed E-state index contributed by atoms with van der Waals surface area (Å²) in [6.45, 7) is 0.766. The third kappa shape index (κ3) is 2.24. The number of hydrogen-bond acceptors (Lipinski definition) is 4. The lowest BCUT2D eigenvalue weighted by Crippen LogP contribution is -2.10. The van der Waals surface area contributed by atoms with Crippen LogP contribution >= 0.6 is 11.6 Å². The second-order valence-electron chi connectivity index (χ2n) is 2.71. The number of halogens is 1. The van der Waals surface area contributed by atoms with E-state index in [9.17, 15) is 4.79 Å². The van der Waals surface area contributed by atoms with E-state index in [1.165, 1.54) is 7.11 Å². The third-order valence-electron chi connectivity index (χ3n) is 1.78. The van der Waals surface area contributed by atoms with E-state index in [0.717, 1.165) is 12.2 Å². The molecule has 6 heteroatoms. The number of nitrogens with one attached hydrogen (secondary N) is 2. The Hall–Kier alpha value is -1.07. The minimum atomic E-state index is -0.526. The van der Waals surface area contributed by atoms with Crippen molar-refractivity contribution < 1.29 is 9.53 Å². The number of rotatable bonds is 4. The fourth-order valence-electron chi connectivity index (χ4n) is 1.01. The lowest BCUT2D eigenvalue weighted by molar-refractivity contribution is 0.0594. The Labute approximate surface area is 86.8 Å². The van der Waals surface area contributed by atoms with Gasteiger partial charge in [0.2, 0.25) is 0 Å². The normalized spacial score (nSPS) is 10.2. The number of carbonyl (C=O) groups is 1. The van der Waals surface area contributed by atoms with Gasteiger partial charge >= 0.3 is 5.97 Å². The van der Waals surface area contributed by atoms with Gasteiger partial charge < -0.3 is 10.1 Å². The van der Waals surface area contributed by atoms with E-state index in [0.29, 0.717) is 11.4 Å². The van der Waals surface area contributed by atoms with Crippen molar-refractivity contribution >= 4 is 17.6 Å². The maximum atomic E-state index is 11.1. The summed E-state index contributed by atoms with van der Waals surface area (Å²) < 4.78 is 4.51. The van der Waals surface area contributed by atoms with Crippen LogP contribution in [0.5, 0.6) is 0 Å². The van der Waals surface area contributed by atoms with E-state index < -0.39 is 5.97 Å². The number of H-pyrrole nitrogens is 1. The minimum absolute atomic E-state index is 0.139. The molecule has 1 aromatic rings. The Morgan fingerprint density at radius 2 is 2.43 bits per heavy atom. The largest absolute Gasteiger partial charge is 0.464 e. The van der Waals surface area contributed by atoms with Gasteiger partial charge in [0.05, 0.1) is 17.8 Å². The lowest BCUT2D eigenvalue weighted by atomic mass is 10.3. The van der Waals surface area contributed by atoms with Gasteiger partial charge in [0.15, 0.2) is 5.69 Å². The average molecular weight is 218 g/mol. The van der Waals surface area contributed by atoms with Gasteiger partial charge in [0, 0.05) is 13.0 Å². The summed E-state index contributed by atoms with van der Waals surface area (Å²) in [7, 11) is 3.13. The summed E-state index contributed by atoms with van der Waals surface area (Å²) in [5.74, 6) is -0.526. The SMILES string of the molecule is CNCCc1[nH]nc(C(=O)OC)c1Cl. The number of nitrogens with zero attached hydrogens (tertiary/aromatic N) is 1. The highest BCUT2D eigenvalue weighted by Gasteiger charge is 2.17. The summed E-state index contributed by atoms with van der Waals surface area (Å²) in [4.78, 5) is 11.1. The van der Waals surface area contributed by atoms with Crippen molar-refractivity contribution in [3.05, 3.63) is 16.4 Å². The number of aromatic nitrogens is 2. The van der Waals surface area contributed by atoms with Crippen molar-refractivity contribution in [2.24, 2.45) is 0 Å². The van der Waals surface area contributed by atoms with Crippen LogP contribution in [0.3, 0.4) is 0 Å². The number of aromatic amines is 1. The number of carbonyl (C=O) groups excluding carboxylic acids is 1. The van der Waals surface area contributed by atoms with Crippen LogP contribution in [-0.4, -0.2) is 36.9 Å².